The van der Waals surface area contributed by atoms with Crippen LogP contribution in [0.3, 0.4) is 0 Å². The highest BCUT2D eigenvalue weighted by Gasteiger charge is 2.25. The van der Waals surface area contributed by atoms with E-state index in [9.17, 15) is 4.79 Å². The van der Waals surface area contributed by atoms with Gasteiger partial charge in [-0.15, -0.1) is 5.10 Å². The van der Waals surface area contributed by atoms with Gasteiger partial charge in [-0.05, 0) is 41.4 Å². The van der Waals surface area contributed by atoms with Crippen LogP contribution >= 0.6 is 0 Å². The first kappa shape index (κ1) is 21.7. The van der Waals surface area contributed by atoms with E-state index in [0.717, 1.165) is 11.3 Å². The number of benzene rings is 2. The van der Waals surface area contributed by atoms with Crippen LogP contribution in [-0.4, -0.2) is 43.5 Å². The Bertz CT molecular complexity index is 1280. The topological polar surface area (TPSA) is 146 Å². The average molecular weight is 446 g/mol. The second kappa shape index (κ2) is 9.73. The zero-order chi connectivity index (χ0) is 23.2. The quantitative estimate of drug-likeness (QED) is 0.310. The summed E-state index contributed by atoms with van der Waals surface area (Å²) in [6.45, 7) is 4.33. The van der Waals surface area contributed by atoms with Crippen LogP contribution in [0.1, 0.15) is 36.3 Å². The number of rotatable bonds is 8. The molecular formula is C22H22N8O3. The predicted molar refractivity (Wildman–Crippen MR) is 121 cm³/mol. The molecule has 0 atom stereocenters. The van der Waals surface area contributed by atoms with Crippen molar-refractivity contribution >= 4 is 17.4 Å². The molecule has 0 aliphatic heterocycles. The number of carbonyl (C=O) groups is 1. The number of amides is 1. The van der Waals surface area contributed by atoms with Crippen molar-refractivity contribution in [3.63, 3.8) is 0 Å². The van der Waals surface area contributed by atoms with Gasteiger partial charge >= 0.3 is 0 Å². The standard InChI is InChI=1S/C22H22N8O3/c1-3-17(14-9-6-5-7-10-14)24-26-22(31)18-19(15-11-8-12-16(13-15)32-4-2)30(29-25-18)21-20(23)27-33-28-21/h5-13H,3-4H2,1-2H3,(H2,23,27)(H,26,31)/b24-17-. The van der Waals surface area contributed by atoms with Gasteiger partial charge in [0.1, 0.15) is 11.4 Å². The summed E-state index contributed by atoms with van der Waals surface area (Å²) in [5, 5.41) is 19.8. The zero-order valence-electron chi connectivity index (χ0n) is 18.1. The molecule has 4 rings (SSSR count). The third-order valence-corrected chi connectivity index (χ3v) is 4.73. The fraction of sp³-hybridized carbons (Fsp3) is 0.182. The summed E-state index contributed by atoms with van der Waals surface area (Å²) >= 11 is 0. The molecule has 2 aromatic heterocycles. The summed E-state index contributed by atoms with van der Waals surface area (Å²) in [4.78, 5) is 13.1. The molecule has 0 unspecified atom stereocenters. The van der Waals surface area contributed by atoms with Crippen molar-refractivity contribution in [1.82, 2.24) is 30.7 Å². The van der Waals surface area contributed by atoms with E-state index in [1.807, 2.05) is 50.2 Å². The Balaban J connectivity index is 1.75. The summed E-state index contributed by atoms with van der Waals surface area (Å²) in [6.07, 6.45) is 0.626. The molecule has 0 spiro atoms. The van der Waals surface area contributed by atoms with Crippen LogP contribution in [0, 0.1) is 0 Å². The van der Waals surface area contributed by atoms with E-state index < -0.39 is 5.91 Å². The van der Waals surface area contributed by atoms with Gasteiger partial charge in [0.2, 0.25) is 11.6 Å². The number of carbonyl (C=O) groups excluding carboxylic acids is 1. The smallest absolute Gasteiger partial charge is 0.294 e. The summed E-state index contributed by atoms with van der Waals surface area (Å²) < 4.78 is 11.6. The maximum Gasteiger partial charge on any atom is 0.294 e. The lowest BCUT2D eigenvalue weighted by molar-refractivity contribution is 0.0950. The van der Waals surface area contributed by atoms with E-state index in [2.05, 4.69) is 31.2 Å². The molecular weight excluding hydrogens is 424 g/mol. The Hall–Kier alpha value is -4.54. The normalized spacial score (nSPS) is 11.4. The van der Waals surface area contributed by atoms with Crippen LogP contribution in [0.25, 0.3) is 17.1 Å². The molecule has 2 aromatic carbocycles. The number of ether oxygens (including phenoxy) is 1. The van der Waals surface area contributed by atoms with E-state index in [-0.39, 0.29) is 17.3 Å². The Kier molecular flexibility index (Phi) is 6.39. The number of nitrogens with two attached hydrogens (primary N) is 1. The van der Waals surface area contributed by atoms with Gasteiger partial charge in [0.05, 0.1) is 12.3 Å². The Morgan fingerprint density at radius 1 is 1.15 bits per heavy atom. The van der Waals surface area contributed by atoms with Crippen LogP contribution in [0.4, 0.5) is 5.82 Å². The first-order valence-corrected chi connectivity index (χ1v) is 10.3. The van der Waals surface area contributed by atoms with Crippen molar-refractivity contribution in [2.75, 3.05) is 12.3 Å². The van der Waals surface area contributed by atoms with Gasteiger partial charge in [0, 0.05) is 5.56 Å². The highest BCUT2D eigenvalue weighted by Crippen LogP contribution is 2.29. The fourth-order valence-corrected chi connectivity index (χ4v) is 3.23. The van der Waals surface area contributed by atoms with Gasteiger partial charge in [0.15, 0.2) is 5.69 Å². The minimum atomic E-state index is -0.546. The summed E-state index contributed by atoms with van der Waals surface area (Å²) in [5.74, 6) is 0.190. The van der Waals surface area contributed by atoms with Gasteiger partial charge in [-0.2, -0.15) is 9.78 Å². The molecule has 0 aliphatic rings. The lowest BCUT2D eigenvalue weighted by atomic mass is 10.1. The average Bonchev–Trinajstić information content (AvgIpc) is 3.46. The van der Waals surface area contributed by atoms with Gasteiger partial charge in [-0.25, -0.2) is 10.1 Å². The molecule has 0 fully saturated rings. The number of aromatic nitrogens is 5. The van der Waals surface area contributed by atoms with Gasteiger partial charge < -0.3 is 10.5 Å². The van der Waals surface area contributed by atoms with Gasteiger partial charge in [0.25, 0.3) is 5.91 Å². The van der Waals surface area contributed by atoms with E-state index >= 15 is 0 Å². The molecule has 3 N–H and O–H groups in total. The van der Waals surface area contributed by atoms with E-state index in [1.165, 1.54) is 4.68 Å². The lowest BCUT2D eigenvalue weighted by Crippen LogP contribution is -2.21. The van der Waals surface area contributed by atoms with Crippen molar-refractivity contribution in [2.24, 2.45) is 5.10 Å². The largest absolute Gasteiger partial charge is 0.494 e. The highest BCUT2D eigenvalue weighted by molar-refractivity contribution is 6.03. The molecule has 11 nitrogen and oxygen atoms in total. The van der Waals surface area contributed by atoms with Gasteiger partial charge in [-0.3, -0.25) is 4.79 Å². The van der Waals surface area contributed by atoms with Crippen LogP contribution in [0.5, 0.6) is 5.75 Å². The number of anilines is 1. The molecule has 0 saturated carbocycles. The third-order valence-electron chi connectivity index (χ3n) is 4.73. The number of nitrogens with zero attached hydrogens (tertiary/aromatic N) is 6. The number of hydrogen-bond acceptors (Lipinski definition) is 9. The van der Waals surface area contributed by atoms with Crippen LogP contribution in [0.2, 0.25) is 0 Å². The molecule has 1 amide bonds. The number of nitrogens with one attached hydrogen (secondary N) is 1. The predicted octanol–water partition coefficient (Wildman–Crippen LogP) is 2.84. The molecule has 4 aromatic rings. The molecule has 0 bridgehead atoms. The Morgan fingerprint density at radius 3 is 2.67 bits per heavy atom. The minimum absolute atomic E-state index is 0.00411. The second-order valence-corrected chi connectivity index (χ2v) is 6.85. The molecule has 33 heavy (non-hydrogen) atoms. The van der Waals surface area contributed by atoms with E-state index in [0.29, 0.717) is 30.0 Å². The van der Waals surface area contributed by atoms with Crippen molar-refractivity contribution in [1.29, 1.82) is 0 Å². The maximum atomic E-state index is 13.1. The molecule has 2 heterocycles. The number of hydrazone groups is 1. The van der Waals surface area contributed by atoms with E-state index in [1.54, 1.807) is 18.2 Å². The number of nitrogen functional groups attached to an aromatic ring is 1. The fourth-order valence-electron chi connectivity index (χ4n) is 3.23. The van der Waals surface area contributed by atoms with Crippen LogP contribution in [0.15, 0.2) is 64.3 Å². The van der Waals surface area contributed by atoms with Crippen molar-refractivity contribution < 1.29 is 14.2 Å². The first-order valence-electron chi connectivity index (χ1n) is 10.3. The zero-order valence-corrected chi connectivity index (χ0v) is 18.1. The van der Waals surface area contributed by atoms with Crippen molar-refractivity contribution in [3.05, 3.63) is 65.9 Å². The first-order chi connectivity index (χ1) is 16.1. The Labute approximate surface area is 189 Å². The SMILES string of the molecule is CCOc1cccc(-c2c(C(=O)N/N=C(/CC)c3ccccc3)nnn2-c2nonc2N)c1. The van der Waals surface area contributed by atoms with Gasteiger partial charge in [-0.1, -0.05) is 54.6 Å². The molecule has 0 saturated heterocycles. The molecule has 168 valence electrons. The number of hydrogen-bond donors (Lipinski definition) is 2. The minimum Gasteiger partial charge on any atom is -0.494 e. The maximum absolute atomic E-state index is 13.1. The van der Waals surface area contributed by atoms with Crippen LogP contribution in [-0.2, 0) is 0 Å². The summed E-state index contributed by atoms with van der Waals surface area (Å²) in [6, 6.07) is 16.8. The summed E-state index contributed by atoms with van der Waals surface area (Å²) in [5.41, 5.74) is 11.1. The molecule has 0 aliphatic carbocycles. The van der Waals surface area contributed by atoms with Crippen molar-refractivity contribution in [3.8, 4) is 22.8 Å². The second-order valence-electron chi connectivity index (χ2n) is 6.85. The highest BCUT2D eigenvalue weighted by atomic mass is 16.6. The third kappa shape index (κ3) is 4.56. The van der Waals surface area contributed by atoms with E-state index in [4.69, 9.17) is 15.1 Å². The monoisotopic (exact) mass is 446 g/mol. The van der Waals surface area contributed by atoms with Crippen LogP contribution < -0.4 is 15.9 Å². The van der Waals surface area contributed by atoms with Crippen molar-refractivity contribution in [2.45, 2.75) is 20.3 Å². The Morgan fingerprint density at radius 2 is 1.97 bits per heavy atom. The molecule has 11 heteroatoms. The molecule has 0 radical (unpaired) electrons. The lowest BCUT2D eigenvalue weighted by Gasteiger charge is -2.09. The summed E-state index contributed by atoms with van der Waals surface area (Å²) in [7, 11) is 0.